The van der Waals surface area contributed by atoms with Gasteiger partial charge < -0.3 is 64.5 Å². The molecular formula is C35H52O14. The fourth-order valence-electron chi connectivity index (χ4n) is 10.8. The van der Waals surface area contributed by atoms with Crippen LogP contribution in [0, 0.1) is 28.6 Å². The smallest absolute Gasteiger partial charge is 0.331 e. The van der Waals surface area contributed by atoms with Gasteiger partial charge in [-0.05, 0) is 80.1 Å². The van der Waals surface area contributed by atoms with E-state index in [4.69, 9.17) is 23.7 Å². The fraction of sp³-hybridized carbons (Fsp3) is 0.857. The van der Waals surface area contributed by atoms with E-state index in [2.05, 4.69) is 19.9 Å². The van der Waals surface area contributed by atoms with E-state index in [-0.39, 0.29) is 40.7 Å². The summed E-state index contributed by atoms with van der Waals surface area (Å²) in [6.07, 6.45) is -5.35. The van der Waals surface area contributed by atoms with Gasteiger partial charge in [-0.2, -0.15) is 0 Å². The first-order valence-corrected chi connectivity index (χ1v) is 17.8. The van der Waals surface area contributed by atoms with Gasteiger partial charge >= 0.3 is 5.97 Å². The third kappa shape index (κ3) is 5.66. The number of cyclic esters (lactones) is 1. The van der Waals surface area contributed by atoms with Crippen molar-refractivity contribution in [2.75, 3.05) is 19.8 Å². The van der Waals surface area contributed by atoms with Crippen LogP contribution in [0.25, 0.3) is 0 Å². The van der Waals surface area contributed by atoms with Gasteiger partial charge in [0.05, 0.1) is 24.9 Å². The summed E-state index contributed by atoms with van der Waals surface area (Å²) in [6, 6.07) is 0. The second-order valence-corrected chi connectivity index (χ2v) is 15.9. The number of ether oxygens (including phenoxy) is 5. The van der Waals surface area contributed by atoms with E-state index in [1.54, 1.807) is 6.08 Å². The molecule has 0 aromatic heterocycles. The zero-order valence-corrected chi connectivity index (χ0v) is 28.0. The Bertz CT molecular complexity index is 1320. The molecule has 49 heavy (non-hydrogen) atoms. The van der Waals surface area contributed by atoms with Crippen molar-refractivity contribution in [3.05, 3.63) is 23.3 Å². The topological polar surface area (TPSA) is 225 Å². The Labute approximate surface area is 285 Å². The highest BCUT2D eigenvalue weighted by atomic mass is 16.7. The Morgan fingerprint density at radius 2 is 1.51 bits per heavy atom. The summed E-state index contributed by atoms with van der Waals surface area (Å²) < 4.78 is 28.5. The Kier molecular flexibility index (Phi) is 9.62. The molecule has 7 aliphatic rings. The predicted molar refractivity (Wildman–Crippen MR) is 167 cm³/mol. The largest absolute Gasteiger partial charge is 0.458 e. The van der Waals surface area contributed by atoms with E-state index in [0.29, 0.717) is 25.9 Å². The Balaban J connectivity index is 1.01. The SMILES string of the molecule is C[C@]12CC[C@H](O[C@@H]3O[C@H](CO)[C@@H](O[C@@H]4O[C@H](CO)[C@@H](O)[C@H](O)[C@H]4O)[C@H](O)[C@H]3O)CC1=CC[C@@H]1[C@@H]2CC[C@]2(C)[C@@H](C3=CC(=O)OC3)CC[C@]12O. The lowest BCUT2D eigenvalue weighted by Crippen LogP contribution is -2.65. The second kappa shape index (κ2) is 13.2. The molecule has 3 aliphatic heterocycles. The maximum absolute atomic E-state index is 12.5. The molecule has 3 heterocycles. The monoisotopic (exact) mass is 696 g/mol. The molecule has 0 radical (unpaired) electrons. The molecule has 0 aromatic carbocycles. The van der Waals surface area contributed by atoms with Crippen LogP contribution in [0.4, 0.5) is 0 Å². The lowest BCUT2D eigenvalue weighted by molar-refractivity contribution is -0.363. The second-order valence-electron chi connectivity index (χ2n) is 15.9. The molecule has 14 nitrogen and oxygen atoms in total. The van der Waals surface area contributed by atoms with Crippen LogP contribution in [-0.2, 0) is 28.5 Å². The molecular weight excluding hydrogens is 644 g/mol. The number of rotatable bonds is 7. The van der Waals surface area contributed by atoms with Crippen LogP contribution in [0.15, 0.2) is 23.3 Å². The number of esters is 1. The number of hydrogen-bond donors (Lipinski definition) is 8. The van der Waals surface area contributed by atoms with Crippen molar-refractivity contribution in [2.45, 2.75) is 138 Å². The maximum atomic E-state index is 12.5. The van der Waals surface area contributed by atoms with Gasteiger partial charge in [0.15, 0.2) is 12.6 Å². The summed E-state index contributed by atoms with van der Waals surface area (Å²) in [5, 5.41) is 84.8. The Morgan fingerprint density at radius 3 is 2.20 bits per heavy atom. The Morgan fingerprint density at radius 1 is 0.816 bits per heavy atom. The minimum absolute atomic E-state index is 0.0886. The van der Waals surface area contributed by atoms with E-state index in [0.717, 1.165) is 37.7 Å². The standard InChI is InChI=1S/C35H52O14/c1-33-8-5-18(46-31-29(43)27(41)30(23(14-37)48-31)49-32-28(42)26(40)25(39)22(13-36)47-32)12-17(33)3-4-21-20(33)6-9-34(2)19(7-10-35(21,34)44)16-11-24(38)45-15-16/h3,11,18-23,25-32,36-37,39-44H,4-10,12-15H2,1-2H3/t18-,19+,20-,21+,22+,23+,25+,26-,27+,28+,29+,30+,31+,32-,33-,34+,35-/m0/s1. The zero-order chi connectivity index (χ0) is 35.0. The van der Waals surface area contributed by atoms with Crippen molar-refractivity contribution in [3.63, 3.8) is 0 Å². The first-order valence-electron chi connectivity index (χ1n) is 17.8. The number of allylic oxidation sites excluding steroid dienone is 1. The fourth-order valence-corrected chi connectivity index (χ4v) is 10.8. The lowest BCUT2D eigenvalue weighted by Gasteiger charge is -2.61. The third-order valence-electron chi connectivity index (χ3n) is 13.7. The normalized spacial score (nSPS) is 52.8. The minimum Gasteiger partial charge on any atom is -0.458 e. The van der Waals surface area contributed by atoms with Gasteiger partial charge in [-0.3, -0.25) is 0 Å². The first-order chi connectivity index (χ1) is 23.3. The highest BCUT2D eigenvalue weighted by Crippen LogP contribution is 2.69. The van der Waals surface area contributed by atoms with Gasteiger partial charge in [0.2, 0.25) is 0 Å². The average Bonchev–Trinajstić information content (AvgIpc) is 3.63. The molecule has 7 rings (SSSR count). The van der Waals surface area contributed by atoms with Crippen molar-refractivity contribution >= 4 is 5.97 Å². The number of aliphatic hydroxyl groups is 8. The van der Waals surface area contributed by atoms with Crippen molar-refractivity contribution < 1.29 is 69.3 Å². The number of fused-ring (bicyclic) bond motifs is 5. The van der Waals surface area contributed by atoms with E-state index < -0.39 is 80.2 Å². The van der Waals surface area contributed by atoms with Crippen LogP contribution in [0.3, 0.4) is 0 Å². The summed E-state index contributed by atoms with van der Waals surface area (Å²) in [5.41, 5.74) is 0.921. The van der Waals surface area contributed by atoms with Crippen molar-refractivity contribution in [1.29, 1.82) is 0 Å². The summed E-state index contributed by atoms with van der Waals surface area (Å²) in [6.45, 7) is 3.49. The van der Waals surface area contributed by atoms with Gasteiger partial charge in [-0.15, -0.1) is 0 Å². The average molecular weight is 697 g/mol. The molecule has 276 valence electrons. The van der Waals surface area contributed by atoms with Crippen LogP contribution in [-0.4, -0.2) is 140 Å². The van der Waals surface area contributed by atoms with Gasteiger partial charge in [0.1, 0.15) is 55.4 Å². The first kappa shape index (κ1) is 35.9. The van der Waals surface area contributed by atoms with Crippen molar-refractivity contribution in [1.82, 2.24) is 0 Å². The maximum Gasteiger partial charge on any atom is 0.331 e. The molecule has 17 atom stereocenters. The predicted octanol–water partition coefficient (Wildman–Crippen LogP) is -0.827. The van der Waals surface area contributed by atoms with Crippen molar-refractivity contribution in [2.24, 2.45) is 28.6 Å². The molecule has 8 N–H and O–H groups in total. The quantitative estimate of drug-likeness (QED) is 0.120. The van der Waals surface area contributed by atoms with E-state index >= 15 is 0 Å². The highest BCUT2D eigenvalue weighted by molar-refractivity contribution is 5.85. The van der Waals surface area contributed by atoms with Crippen molar-refractivity contribution in [3.8, 4) is 0 Å². The molecule has 14 heteroatoms. The van der Waals surface area contributed by atoms with Crippen LogP contribution >= 0.6 is 0 Å². The van der Waals surface area contributed by atoms with Gasteiger partial charge in [-0.1, -0.05) is 25.5 Å². The number of carbonyl (C=O) groups excluding carboxylic acids is 1. The molecule has 5 fully saturated rings. The lowest BCUT2D eigenvalue weighted by atomic mass is 9.45. The third-order valence-corrected chi connectivity index (χ3v) is 13.7. The van der Waals surface area contributed by atoms with E-state index in [9.17, 15) is 45.6 Å². The van der Waals surface area contributed by atoms with Crippen LogP contribution < -0.4 is 0 Å². The molecule has 0 aromatic rings. The molecule has 4 aliphatic carbocycles. The van der Waals surface area contributed by atoms with Crippen LogP contribution in [0.1, 0.15) is 65.2 Å². The summed E-state index contributed by atoms with van der Waals surface area (Å²) in [7, 11) is 0. The van der Waals surface area contributed by atoms with Crippen LogP contribution in [0.2, 0.25) is 0 Å². The number of carbonyl (C=O) groups is 1. The van der Waals surface area contributed by atoms with Gasteiger partial charge in [-0.25, -0.2) is 4.79 Å². The summed E-state index contributed by atoms with van der Waals surface area (Å²) in [4.78, 5) is 11.9. The molecule has 0 bridgehead atoms. The van der Waals surface area contributed by atoms with E-state index in [1.165, 1.54) is 5.57 Å². The molecule has 2 saturated heterocycles. The van der Waals surface area contributed by atoms with Gasteiger partial charge in [0, 0.05) is 11.5 Å². The molecule has 3 saturated carbocycles. The Hall–Kier alpha value is -1.53. The molecule has 0 amide bonds. The minimum atomic E-state index is -1.74. The molecule has 0 unspecified atom stereocenters. The highest BCUT2D eigenvalue weighted by Gasteiger charge is 2.67. The van der Waals surface area contributed by atoms with Gasteiger partial charge in [0.25, 0.3) is 0 Å². The summed E-state index contributed by atoms with van der Waals surface area (Å²) >= 11 is 0. The molecule has 0 spiro atoms. The number of hydrogen-bond acceptors (Lipinski definition) is 14. The van der Waals surface area contributed by atoms with E-state index in [1.807, 2.05) is 0 Å². The van der Waals surface area contributed by atoms with Crippen LogP contribution in [0.5, 0.6) is 0 Å². The zero-order valence-electron chi connectivity index (χ0n) is 28.0. The number of aliphatic hydroxyl groups excluding tert-OH is 7. The summed E-state index contributed by atoms with van der Waals surface area (Å²) in [5.74, 6) is 0.187.